The summed E-state index contributed by atoms with van der Waals surface area (Å²) in [5, 5.41) is 0. The van der Waals surface area contributed by atoms with Crippen LogP contribution in [0.2, 0.25) is 0 Å². The van der Waals surface area contributed by atoms with Gasteiger partial charge in [0.25, 0.3) is 5.92 Å². The largest absolute Gasteiger partial charge is 0.491 e. The molecular formula is C27H20F8O2. The van der Waals surface area contributed by atoms with E-state index in [1.807, 2.05) is 0 Å². The summed E-state index contributed by atoms with van der Waals surface area (Å²) in [6.45, 7) is 5.09. The summed E-state index contributed by atoms with van der Waals surface area (Å²) >= 11 is 0. The molecule has 0 aromatic heterocycles. The van der Waals surface area contributed by atoms with Gasteiger partial charge < -0.3 is 9.47 Å². The van der Waals surface area contributed by atoms with E-state index < -0.39 is 69.7 Å². The van der Waals surface area contributed by atoms with Crippen LogP contribution in [0.5, 0.6) is 11.5 Å². The van der Waals surface area contributed by atoms with Gasteiger partial charge in [-0.1, -0.05) is 18.2 Å². The third-order valence-corrected chi connectivity index (χ3v) is 6.00. The van der Waals surface area contributed by atoms with Gasteiger partial charge in [-0.15, -0.1) is 6.58 Å². The zero-order chi connectivity index (χ0) is 27.1. The molecule has 37 heavy (non-hydrogen) atoms. The minimum atomic E-state index is -4.61. The highest BCUT2D eigenvalue weighted by molar-refractivity contribution is 5.76. The Labute approximate surface area is 207 Å². The van der Waals surface area contributed by atoms with Crippen molar-refractivity contribution in [3.63, 3.8) is 0 Å². The lowest BCUT2D eigenvalue weighted by Gasteiger charge is -2.30. The van der Waals surface area contributed by atoms with Gasteiger partial charge in [-0.25, -0.2) is 26.3 Å². The first kappa shape index (κ1) is 26.5. The maximum atomic E-state index is 15.2. The molecule has 0 radical (unpaired) electrons. The Kier molecular flexibility index (Phi) is 6.96. The first-order valence-corrected chi connectivity index (χ1v) is 11.2. The Hall–Kier alpha value is -3.56. The number of ether oxygens (including phenoxy) is 2. The summed E-state index contributed by atoms with van der Waals surface area (Å²) in [5.41, 5.74) is -3.91. The summed E-state index contributed by atoms with van der Waals surface area (Å²) in [7, 11) is 0. The maximum absolute atomic E-state index is 15.2. The van der Waals surface area contributed by atoms with Crippen molar-refractivity contribution >= 4 is 0 Å². The molecule has 3 aromatic rings. The van der Waals surface area contributed by atoms with Gasteiger partial charge in [0.05, 0.1) is 12.2 Å². The maximum Gasteiger partial charge on any atom is 0.429 e. The van der Waals surface area contributed by atoms with Crippen molar-refractivity contribution in [1.29, 1.82) is 0 Å². The van der Waals surface area contributed by atoms with Gasteiger partial charge >= 0.3 is 6.11 Å². The highest BCUT2D eigenvalue weighted by Crippen LogP contribution is 2.50. The fraction of sp³-hybridized carbons (Fsp3) is 0.259. The summed E-state index contributed by atoms with van der Waals surface area (Å²) in [4.78, 5) is 0. The third-order valence-electron chi connectivity index (χ3n) is 6.00. The molecule has 0 saturated heterocycles. The van der Waals surface area contributed by atoms with E-state index >= 15 is 13.2 Å². The van der Waals surface area contributed by atoms with Crippen molar-refractivity contribution in [2.75, 3.05) is 6.61 Å². The lowest BCUT2D eigenvalue weighted by atomic mass is 9.82. The normalized spacial score (nSPS) is 14.1. The van der Waals surface area contributed by atoms with Crippen LogP contribution in [0.15, 0.2) is 49.1 Å². The minimum absolute atomic E-state index is 0.00161. The Morgan fingerprint density at radius 3 is 2.24 bits per heavy atom. The van der Waals surface area contributed by atoms with Crippen LogP contribution in [0.1, 0.15) is 35.6 Å². The van der Waals surface area contributed by atoms with Crippen LogP contribution in [0.4, 0.5) is 35.1 Å². The molecule has 0 bridgehead atoms. The molecule has 0 N–H and O–H groups in total. The molecule has 3 aromatic carbocycles. The van der Waals surface area contributed by atoms with Gasteiger partial charge in [-0.05, 0) is 60.7 Å². The van der Waals surface area contributed by atoms with Gasteiger partial charge in [-0.3, -0.25) is 0 Å². The molecular weight excluding hydrogens is 508 g/mol. The van der Waals surface area contributed by atoms with Crippen LogP contribution in [0, 0.1) is 23.3 Å². The Morgan fingerprint density at radius 1 is 0.892 bits per heavy atom. The Balaban J connectivity index is 1.75. The smallest absolute Gasteiger partial charge is 0.429 e. The summed E-state index contributed by atoms with van der Waals surface area (Å²) in [6.07, 6.45) is -4.18. The fourth-order valence-electron chi connectivity index (χ4n) is 4.28. The van der Waals surface area contributed by atoms with Crippen molar-refractivity contribution in [3.05, 3.63) is 94.6 Å². The molecule has 1 aliphatic carbocycles. The predicted octanol–water partition coefficient (Wildman–Crippen LogP) is 8.20. The molecule has 0 unspecified atom stereocenters. The fourth-order valence-corrected chi connectivity index (χ4v) is 4.28. The predicted molar refractivity (Wildman–Crippen MR) is 120 cm³/mol. The van der Waals surface area contributed by atoms with E-state index in [1.165, 1.54) is 18.2 Å². The summed E-state index contributed by atoms with van der Waals surface area (Å²) < 4.78 is 128. The topological polar surface area (TPSA) is 18.5 Å². The lowest BCUT2D eigenvalue weighted by Crippen LogP contribution is -2.28. The van der Waals surface area contributed by atoms with Gasteiger partial charge in [0.2, 0.25) is 0 Å². The van der Waals surface area contributed by atoms with E-state index in [9.17, 15) is 22.0 Å². The highest BCUT2D eigenvalue weighted by atomic mass is 19.3. The molecule has 4 rings (SSSR count). The van der Waals surface area contributed by atoms with E-state index in [0.717, 1.165) is 12.1 Å². The number of benzene rings is 3. The van der Waals surface area contributed by atoms with Crippen LogP contribution in [-0.2, 0) is 24.9 Å². The second-order valence-electron chi connectivity index (χ2n) is 8.36. The van der Waals surface area contributed by atoms with Crippen molar-refractivity contribution in [2.45, 2.75) is 38.2 Å². The van der Waals surface area contributed by atoms with Crippen LogP contribution in [-0.4, -0.2) is 6.61 Å². The first-order valence-electron chi connectivity index (χ1n) is 11.2. The summed E-state index contributed by atoms with van der Waals surface area (Å²) in [5.74, 6) is -11.9. The zero-order valence-corrected chi connectivity index (χ0v) is 19.4. The van der Waals surface area contributed by atoms with Crippen LogP contribution < -0.4 is 9.47 Å². The SMILES string of the molecule is C=CCCc1ccc(C(F)(F)Oc2ccc3c(c2F)C(F)(F)Cc2c-3ccc(OCC)c2F)c(F)c1F. The van der Waals surface area contributed by atoms with Crippen LogP contribution in [0.25, 0.3) is 11.1 Å². The molecule has 0 fully saturated rings. The molecule has 196 valence electrons. The monoisotopic (exact) mass is 528 g/mol. The van der Waals surface area contributed by atoms with Crippen molar-refractivity contribution in [2.24, 2.45) is 0 Å². The average Bonchev–Trinajstić information content (AvgIpc) is 2.83. The van der Waals surface area contributed by atoms with E-state index in [4.69, 9.17) is 4.74 Å². The van der Waals surface area contributed by atoms with Crippen LogP contribution >= 0.6 is 0 Å². The van der Waals surface area contributed by atoms with E-state index in [1.54, 1.807) is 6.92 Å². The van der Waals surface area contributed by atoms with Gasteiger partial charge in [-0.2, -0.15) is 8.78 Å². The molecule has 1 aliphatic rings. The van der Waals surface area contributed by atoms with Crippen molar-refractivity contribution in [3.8, 4) is 22.6 Å². The van der Waals surface area contributed by atoms with E-state index in [-0.39, 0.29) is 36.3 Å². The number of hydrogen-bond donors (Lipinski definition) is 0. The highest BCUT2D eigenvalue weighted by Gasteiger charge is 2.46. The van der Waals surface area contributed by atoms with Gasteiger partial charge in [0.1, 0.15) is 5.56 Å². The van der Waals surface area contributed by atoms with E-state index in [0.29, 0.717) is 12.1 Å². The van der Waals surface area contributed by atoms with E-state index in [2.05, 4.69) is 11.3 Å². The second-order valence-corrected chi connectivity index (χ2v) is 8.36. The average molecular weight is 528 g/mol. The van der Waals surface area contributed by atoms with Crippen molar-refractivity contribution < 1.29 is 44.6 Å². The number of hydrogen-bond acceptors (Lipinski definition) is 2. The van der Waals surface area contributed by atoms with Crippen molar-refractivity contribution in [1.82, 2.24) is 0 Å². The van der Waals surface area contributed by atoms with Gasteiger partial charge in [0.15, 0.2) is 34.8 Å². The molecule has 0 aliphatic heterocycles. The number of rotatable bonds is 8. The first-order chi connectivity index (χ1) is 17.4. The molecule has 0 heterocycles. The van der Waals surface area contributed by atoms with Crippen LogP contribution in [0.3, 0.4) is 0 Å². The zero-order valence-electron chi connectivity index (χ0n) is 19.4. The Bertz CT molecular complexity index is 1370. The lowest BCUT2D eigenvalue weighted by molar-refractivity contribution is -0.189. The molecule has 0 saturated carbocycles. The third kappa shape index (κ3) is 4.65. The Morgan fingerprint density at radius 2 is 1.57 bits per heavy atom. The quantitative estimate of drug-likeness (QED) is 0.217. The molecule has 10 heteroatoms. The number of alkyl halides is 4. The number of allylic oxidation sites excluding steroid dienone is 1. The number of halogens is 8. The standard InChI is InChI=1S/C27H20F8O2/c1-3-5-6-14-7-10-18(24(30)22(14)28)27(34,35)37-20-12-9-16-15-8-11-19(36-4-2)23(29)17(15)13-26(32,33)21(16)25(20)31/h3,7-12H,1,4-6,13H2,2H3. The number of fused-ring (bicyclic) bond motifs is 3. The molecule has 0 atom stereocenters. The molecule has 2 nitrogen and oxygen atoms in total. The van der Waals surface area contributed by atoms with Gasteiger partial charge in [0, 0.05) is 12.0 Å². The second kappa shape index (κ2) is 9.72. The number of aryl methyl sites for hydroxylation is 1. The molecule has 0 spiro atoms. The minimum Gasteiger partial charge on any atom is -0.491 e. The molecule has 0 amide bonds. The summed E-state index contributed by atoms with van der Waals surface area (Å²) in [6, 6.07) is 5.49.